The van der Waals surface area contributed by atoms with Gasteiger partial charge in [0.25, 0.3) is 0 Å². The van der Waals surface area contributed by atoms with Crippen molar-refractivity contribution in [2.24, 2.45) is 0 Å². The molecule has 2 rings (SSSR count). The largest absolute Gasteiger partial charge is 0.342 e. The number of nitrogens with zero attached hydrogens (tertiary/aromatic N) is 2. The normalized spacial score (nSPS) is 10.1. The Hall–Kier alpha value is -2.08. The Bertz CT molecular complexity index is 547. The maximum absolute atomic E-state index is 8.66. The highest BCUT2D eigenvalue weighted by molar-refractivity contribution is 5.57. The van der Waals surface area contributed by atoms with Crippen molar-refractivity contribution in [1.82, 2.24) is 9.97 Å². The number of aromatic amines is 1. The molecule has 80 valence electrons. The summed E-state index contributed by atoms with van der Waals surface area (Å²) in [6, 6.07) is 10.3. The number of rotatable bonds is 2. The molecule has 0 bridgehead atoms. The summed E-state index contributed by atoms with van der Waals surface area (Å²) >= 11 is 0. The topological polar surface area (TPSA) is 52.5 Å². The van der Waals surface area contributed by atoms with Crippen LogP contribution in [0.2, 0.25) is 0 Å². The van der Waals surface area contributed by atoms with Gasteiger partial charge >= 0.3 is 0 Å². The molecule has 0 aliphatic carbocycles. The minimum Gasteiger partial charge on any atom is -0.342 e. The molecular formula is C13H13N3. The van der Waals surface area contributed by atoms with Crippen LogP contribution in [-0.4, -0.2) is 9.97 Å². The van der Waals surface area contributed by atoms with Gasteiger partial charge in [0.2, 0.25) is 0 Å². The minimum atomic E-state index is 0.355. The van der Waals surface area contributed by atoms with E-state index in [9.17, 15) is 0 Å². The van der Waals surface area contributed by atoms with Crippen molar-refractivity contribution >= 4 is 0 Å². The van der Waals surface area contributed by atoms with Crippen LogP contribution in [0.5, 0.6) is 0 Å². The molecule has 1 aromatic heterocycles. The fourth-order valence-corrected chi connectivity index (χ4v) is 1.67. The third-order valence-electron chi connectivity index (χ3n) is 2.52. The van der Waals surface area contributed by atoms with Gasteiger partial charge in [0.15, 0.2) is 0 Å². The van der Waals surface area contributed by atoms with Crippen LogP contribution in [0.1, 0.15) is 17.0 Å². The highest BCUT2D eigenvalue weighted by Crippen LogP contribution is 2.19. The molecule has 0 saturated heterocycles. The second-order valence-corrected chi connectivity index (χ2v) is 3.86. The van der Waals surface area contributed by atoms with Crippen molar-refractivity contribution in [3.63, 3.8) is 0 Å². The van der Waals surface area contributed by atoms with E-state index in [1.807, 2.05) is 19.1 Å². The van der Waals surface area contributed by atoms with E-state index in [0.717, 1.165) is 22.8 Å². The third kappa shape index (κ3) is 1.96. The standard InChI is InChI=1S/C13H13N3/c1-9-4-3-5-11(8-9)13-15-10(2)12(16-13)6-7-14/h3-5,8H,6H2,1-2H3,(H,15,16). The molecule has 0 radical (unpaired) electrons. The fourth-order valence-electron chi connectivity index (χ4n) is 1.67. The number of benzene rings is 1. The van der Waals surface area contributed by atoms with Gasteiger partial charge < -0.3 is 4.98 Å². The molecule has 1 N–H and O–H groups in total. The molecule has 0 aliphatic rings. The third-order valence-corrected chi connectivity index (χ3v) is 2.52. The molecule has 1 heterocycles. The van der Waals surface area contributed by atoms with Crippen LogP contribution in [0.4, 0.5) is 0 Å². The molecule has 0 atom stereocenters. The van der Waals surface area contributed by atoms with Crippen molar-refractivity contribution in [2.45, 2.75) is 20.3 Å². The van der Waals surface area contributed by atoms with Crippen LogP contribution in [-0.2, 0) is 6.42 Å². The molecule has 3 heteroatoms. The van der Waals surface area contributed by atoms with Crippen LogP contribution >= 0.6 is 0 Å². The SMILES string of the molecule is Cc1cccc(-c2nc(CC#N)c(C)[nH]2)c1. The lowest BCUT2D eigenvalue weighted by molar-refractivity contribution is 1.12. The number of hydrogen-bond donors (Lipinski definition) is 1. The average molecular weight is 211 g/mol. The molecule has 0 fully saturated rings. The number of aromatic nitrogens is 2. The molecule has 16 heavy (non-hydrogen) atoms. The maximum Gasteiger partial charge on any atom is 0.137 e. The van der Waals surface area contributed by atoms with E-state index in [0.29, 0.717) is 6.42 Å². The number of nitriles is 1. The number of nitrogens with one attached hydrogen (secondary N) is 1. The number of aryl methyl sites for hydroxylation is 2. The lowest BCUT2D eigenvalue weighted by Gasteiger charge is -1.97. The predicted molar refractivity (Wildman–Crippen MR) is 62.8 cm³/mol. The lowest BCUT2D eigenvalue weighted by Crippen LogP contribution is -1.84. The lowest BCUT2D eigenvalue weighted by atomic mass is 10.1. The van der Waals surface area contributed by atoms with Crippen molar-refractivity contribution < 1.29 is 0 Å². The van der Waals surface area contributed by atoms with Gasteiger partial charge in [0.1, 0.15) is 5.82 Å². The Morgan fingerprint density at radius 3 is 2.88 bits per heavy atom. The molecule has 0 spiro atoms. The maximum atomic E-state index is 8.66. The average Bonchev–Trinajstić information content (AvgIpc) is 2.61. The molecule has 1 aromatic carbocycles. The van der Waals surface area contributed by atoms with Crippen molar-refractivity contribution in [3.8, 4) is 17.5 Å². The van der Waals surface area contributed by atoms with Gasteiger partial charge in [0, 0.05) is 11.3 Å². The second kappa shape index (κ2) is 4.19. The summed E-state index contributed by atoms with van der Waals surface area (Å²) in [5, 5.41) is 8.66. The Kier molecular flexibility index (Phi) is 2.74. The van der Waals surface area contributed by atoms with Crippen LogP contribution < -0.4 is 0 Å². The van der Waals surface area contributed by atoms with E-state index in [4.69, 9.17) is 5.26 Å². The van der Waals surface area contributed by atoms with E-state index in [-0.39, 0.29) is 0 Å². The summed E-state index contributed by atoms with van der Waals surface area (Å²) in [5.74, 6) is 0.839. The summed E-state index contributed by atoms with van der Waals surface area (Å²) in [4.78, 5) is 7.64. The molecular weight excluding hydrogens is 198 g/mol. The first kappa shape index (κ1) is 10.4. The monoisotopic (exact) mass is 211 g/mol. The van der Waals surface area contributed by atoms with Gasteiger partial charge in [-0.05, 0) is 19.9 Å². The summed E-state index contributed by atoms with van der Waals surface area (Å²) in [6.45, 7) is 3.99. The van der Waals surface area contributed by atoms with E-state index >= 15 is 0 Å². The van der Waals surface area contributed by atoms with Crippen LogP contribution in [0.15, 0.2) is 24.3 Å². The smallest absolute Gasteiger partial charge is 0.137 e. The van der Waals surface area contributed by atoms with Gasteiger partial charge in [-0.2, -0.15) is 5.26 Å². The second-order valence-electron chi connectivity index (χ2n) is 3.86. The van der Waals surface area contributed by atoms with Crippen molar-refractivity contribution in [2.75, 3.05) is 0 Å². The van der Waals surface area contributed by atoms with Gasteiger partial charge in [-0.1, -0.05) is 23.8 Å². The van der Waals surface area contributed by atoms with E-state index in [2.05, 4.69) is 35.1 Å². The van der Waals surface area contributed by atoms with Gasteiger partial charge in [0.05, 0.1) is 18.2 Å². The first-order valence-electron chi connectivity index (χ1n) is 5.20. The molecule has 0 saturated carbocycles. The summed E-state index contributed by atoms with van der Waals surface area (Å²) in [6.07, 6.45) is 0.355. The summed E-state index contributed by atoms with van der Waals surface area (Å²) in [5.41, 5.74) is 4.07. The van der Waals surface area contributed by atoms with Gasteiger partial charge in [-0.3, -0.25) is 0 Å². The highest BCUT2D eigenvalue weighted by atomic mass is 14.9. The summed E-state index contributed by atoms with van der Waals surface area (Å²) in [7, 11) is 0. The zero-order valence-electron chi connectivity index (χ0n) is 9.41. The zero-order valence-corrected chi connectivity index (χ0v) is 9.41. The van der Waals surface area contributed by atoms with E-state index < -0.39 is 0 Å². The Balaban J connectivity index is 2.42. The predicted octanol–water partition coefficient (Wildman–Crippen LogP) is 2.76. The highest BCUT2D eigenvalue weighted by Gasteiger charge is 2.07. The van der Waals surface area contributed by atoms with Crippen molar-refractivity contribution in [3.05, 3.63) is 41.2 Å². The molecule has 3 nitrogen and oxygen atoms in total. The number of hydrogen-bond acceptors (Lipinski definition) is 2. The molecule has 0 aliphatic heterocycles. The van der Waals surface area contributed by atoms with Gasteiger partial charge in [-0.25, -0.2) is 4.98 Å². The van der Waals surface area contributed by atoms with E-state index in [1.54, 1.807) is 0 Å². The minimum absolute atomic E-state index is 0.355. The Labute approximate surface area is 94.8 Å². The Morgan fingerprint density at radius 1 is 1.38 bits per heavy atom. The van der Waals surface area contributed by atoms with Crippen LogP contribution in [0.25, 0.3) is 11.4 Å². The van der Waals surface area contributed by atoms with Crippen LogP contribution in [0, 0.1) is 25.2 Å². The van der Waals surface area contributed by atoms with E-state index in [1.165, 1.54) is 5.56 Å². The van der Waals surface area contributed by atoms with Crippen LogP contribution in [0.3, 0.4) is 0 Å². The zero-order chi connectivity index (χ0) is 11.5. The summed E-state index contributed by atoms with van der Waals surface area (Å²) < 4.78 is 0. The first-order valence-corrected chi connectivity index (χ1v) is 5.20. The van der Waals surface area contributed by atoms with Crippen molar-refractivity contribution in [1.29, 1.82) is 5.26 Å². The number of imidazole rings is 1. The fraction of sp³-hybridized carbons (Fsp3) is 0.231. The first-order chi connectivity index (χ1) is 7.70. The molecule has 2 aromatic rings. The number of H-pyrrole nitrogens is 1. The Morgan fingerprint density at radius 2 is 2.19 bits per heavy atom. The molecule has 0 amide bonds. The van der Waals surface area contributed by atoms with Gasteiger partial charge in [-0.15, -0.1) is 0 Å². The molecule has 0 unspecified atom stereocenters. The quantitative estimate of drug-likeness (QED) is 0.830.